The molecule has 0 spiro atoms. The Morgan fingerprint density at radius 2 is 1.63 bits per heavy atom. The molecule has 0 aliphatic rings. The lowest BCUT2D eigenvalue weighted by molar-refractivity contribution is -0.115. The number of carbonyl (C=O) groups is 1. The molecule has 0 unspecified atom stereocenters. The van der Waals surface area contributed by atoms with E-state index in [1.165, 1.54) is 0 Å². The summed E-state index contributed by atoms with van der Waals surface area (Å²) in [5.41, 5.74) is 1.54. The Kier molecular flexibility index (Phi) is 4.86. The van der Waals surface area contributed by atoms with Gasteiger partial charge in [-0.25, -0.2) is 0 Å². The maximum absolute atomic E-state index is 11.9. The highest BCUT2D eigenvalue weighted by Gasteiger charge is 2.05. The normalized spacial score (nSPS) is 10.3. The Morgan fingerprint density at radius 3 is 2.21 bits per heavy atom. The first-order valence-corrected chi connectivity index (χ1v) is 7.08. The zero-order chi connectivity index (χ0) is 13.8. The van der Waals surface area contributed by atoms with Crippen molar-refractivity contribution in [2.45, 2.75) is 6.42 Å². The molecule has 2 nitrogen and oxygen atoms in total. The highest BCUT2D eigenvalue weighted by Crippen LogP contribution is 2.22. The maximum Gasteiger partial charge on any atom is 0.228 e. The topological polar surface area (TPSA) is 29.1 Å². The first kappa shape index (κ1) is 14.4. The van der Waals surface area contributed by atoms with Crippen molar-refractivity contribution in [3.05, 3.63) is 62.5 Å². The summed E-state index contributed by atoms with van der Waals surface area (Å²) in [5.74, 6) is -0.111. The molecule has 0 fully saturated rings. The summed E-state index contributed by atoms with van der Waals surface area (Å²) in [6.45, 7) is 0. The van der Waals surface area contributed by atoms with Gasteiger partial charge in [0.05, 0.1) is 6.42 Å². The van der Waals surface area contributed by atoms with E-state index in [1.54, 1.807) is 18.2 Å². The van der Waals surface area contributed by atoms with Crippen LogP contribution in [0, 0.1) is 0 Å². The Morgan fingerprint density at radius 1 is 1.05 bits per heavy atom. The highest BCUT2D eigenvalue weighted by atomic mass is 79.9. The van der Waals surface area contributed by atoms with E-state index in [4.69, 9.17) is 23.2 Å². The third-order valence-electron chi connectivity index (χ3n) is 2.42. The minimum absolute atomic E-state index is 0.111. The van der Waals surface area contributed by atoms with E-state index in [9.17, 15) is 4.79 Å². The number of benzene rings is 2. The minimum Gasteiger partial charge on any atom is -0.326 e. The van der Waals surface area contributed by atoms with Crippen LogP contribution in [0.3, 0.4) is 0 Å². The average Bonchev–Trinajstić information content (AvgIpc) is 2.30. The lowest BCUT2D eigenvalue weighted by Crippen LogP contribution is -2.14. The van der Waals surface area contributed by atoms with E-state index in [-0.39, 0.29) is 5.91 Å². The van der Waals surface area contributed by atoms with Crippen LogP contribution in [-0.2, 0) is 11.2 Å². The fourth-order valence-corrected chi connectivity index (χ4v) is 2.41. The van der Waals surface area contributed by atoms with Gasteiger partial charge in [0.2, 0.25) is 5.91 Å². The molecule has 0 saturated carbocycles. The molecule has 0 aromatic heterocycles. The molecule has 0 bridgehead atoms. The second-order valence-electron chi connectivity index (χ2n) is 4.01. The molecule has 0 saturated heterocycles. The second kappa shape index (κ2) is 6.42. The minimum atomic E-state index is -0.111. The SMILES string of the molecule is O=C(Cc1ccc(Br)cc1)Nc1cc(Cl)cc(Cl)c1. The van der Waals surface area contributed by atoms with Crippen molar-refractivity contribution < 1.29 is 4.79 Å². The van der Waals surface area contributed by atoms with Crippen LogP contribution in [-0.4, -0.2) is 5.91 Å². The van der Waals surface area contributed by atoms with Crippen LogP contribution in [0.2, 0.25) is 10.0 Å². The molecule has 98 valence electrons. The van der Waals surface area contributed by atoms with Gasteiger partial charge < -0.3 is 5.32 Å². The summed E-state index contributed by atoms with van der Waals surface area (Å²) >= 11 is 15.1. The van der Waals surface area contributed by atoms with Crippen LogP contribution in [0.25, 0.3) is 0 Å². The van der Waals surface area contributed by atoms with E-state index < -0.39 is 0 Å². The van der Waals surface area contributed by atoms with Crippen LogP contribution in [0.1, 0.15) is 5.56 Å². The molecule has 0 aliphatic carbocycles. The third kappa shape index (κ3) is 4.53. The number of hydrogen-bond donors (Lipinski definition) is 1. The van der Waals surface area contributed by atoms with Crippen molar-refractivity contribution in [1.29, 1.82) is 0 Å². The van der Waals surface area contributed by atoms with Crippen LogP contribution < -0.4 is 5.32 Å². The first-order valence-electron chi connectivity index (χ1n) is 5.53. The molecular formula is C14H10BrCl2NO. The van der Waals surface area contributed by atoms with Crippen molar-refractivity contribution in [3.8, 4) is 0 Å². The average molecular weight is 359 g/mol. The van der Waals surface area contributed by atoms with E-state index >= 15 is 0 Å². The van der Waals surface area contributed by atoms with E-state index in [0.29, 0.717) is 22.2 Å². The van der Waals surface area contributed by atoms with Crippen molar-refractivity contribution in [3.63, 3.8) is 0 Å². The molecule has 19 heavy (non-hydrogen) atoms. The summed E-state index contributed by atoms with van der Waals surface area (Å²) in [7, 11) is 0. The number of hydrogen-bond acceptors (Lipinski definition) is 1. The van der Waals surface area contributed by atoms with Gasteiger partial charge in [0.15, 0.2) is 0 Å². The van der Waals surface area contributed by atoms with Crippen LogP contribution in [0.5, 0.6) is 0 Å². The van der Waals surface area contributed by atoms with E-state index in [1.807, 2.05) is 24.3 Å². The quantitative estimate of drug-likeness (QED) is 0.827. The lowest BCUT2D eigenvalue weighted by Gasteiger charge is -2.06. The van der Waals surface area contributed by atoms with Crippen molar-refractivity contribution >= 4 is 50.7 Å². The van der Waals surface area contributed by atoms with Gasteiger partial charge in [-0.1, -0.05) is 51.3 Å². The van der Waals surface area contributed by atoms with Gasteiger partial charge in [0.1, 0.15) is 0 Å². The van der Waals surface area contributed by atoms with Crippen LogP contribution in [0.15, 0.2) is 46.9 Å². The molecule has 1 N–H and O–H groups in total. The van der Waals surface area contributed by atoms with Crippen LogP contribution >= 0.6 is 39.1 Å². The molecule has 5 heteroatoms. The van der Waals surface area contributed by atoms with Crippen molar-refractivity contribution in [2.75, 3.05) is 5.32 Å². The standard InChI is InChI=1S/C14H10BrCl2NO/c15-10-3-1-9(2-4-10)5-14(19)18-13-7-11(16)6-12(17)8-13/h1-4,6-8H,5H2,(H,18,19). The van der Waals surface area contributed by atoms with Gasteiger partial charge in [-0.2, -0.15) is 0 Å². The zero-order valence-corrected chi connectivity index (χ0v) is 12.9. The summed E-state index contributed by atoms with van der Waals surface area (Å²) in [4.78, 5) is 11.9. The van der Waals surface area contributed by atoms with Gasteiger partial charge in [-0.05, 0) is 35.9 Å². The molecule has 1 amide bonds. The second-order valence-corrected chi connectivity index (χ2v) is 5.80. The summed E-state index contributed by atoms with van der Waals surface area (Å²) in [6.07, 6.45) is 0.303. The van der Waals surface area contributed by atoms with Gasteiger partial charge in [0.25, 0.3) is 0 Å². The molecule has 2 aromatic rings. The Hall–Kier alpha value is -1.03. The van der Waals surface area contributed by atoms with Gasteiger partial charge in [-0.3, -0.25) is 4.79 Å². The predicted octanol–water partition coefficient (Wildman–Crippen LogP) is 4.94. The van der Waals surface area contributed by atoms with Crippen molar-refractivity contribution in [2.24, 2.45) is 0 Å². The summed E-state index contributed by atoms with van der Waals surface area (Å²) < 4.78 is 0.985. The number of amides is 1. The first-order chi connectivity index (χ1) is 9.02. The van der Waals surface area contributed by atoms with E-state index in [2.05, 4.69) is 21.2 Å². The molecule has 0 heterocycles. The number of anilines is 1. The number of nitrogens with one attached hydrogen (secondary N) is 1. The smallest absolute Gasteiger partial charge is 0.228 e. The van der Waals surface area contributed by atoms with E-state index in [0.717, 1.165) is 10.0 Å². The van der Waals surface area contributed by atoms with Gasteiger partial charge >= 0.3 is 0 Å². The van der Waals surface area contributed by atoms with Gasteiger partial charge in [0, 0.05) is 20.2 Å². The maximum atomic E-state index is 11.9. The molecule has 0 atom stereocenters. The fraction of sp³-hybridized carbons (Fsp3) is 0.0714. The Bertz CT molecular complexity index is 579. The number of rotatable bonds is 3. The predicted molar refractivity (Wildman–Crippen MR) is 82.9 cm³/mol. The molecule has 2 aromatic carbocycles. The lowest BCUT2D eigenvalue weighted by atomic mass is 10.1. The summed E-state index contributed by atoms with van der Waals surface area (Å²) in [5, 5.41) is 3.75. The molecule has 0 radical (unpaired) electrons. The highest BCUT2D eigenvalue weighted by molar-refractivity contribution is 9.10. The zero-order valence-electron chi connectivity index (χ0n) is 9.79. The Labute approximate surface area is 129 Å². The Balaban J connectivity index is 2.03. The summed E-state index contributed by atoms with van der Waals surface area (Å²) in [6, 6.07) is 12.5. The van der Waals surface area contributed by atoms with Crippen LogP contribution in [0.4, 0.5) is 5.69 Å². The fourth-order valence-electron chi connectivity index (χ4n) is 1.62. The van der Waals surface area contributed by atoms with Crippen molar-refractivity contribution in [1.82, 2.24) is 0 Å². The van der Waals surface area contributed by atoms with Gasteiger partial charge in [-0.15, -0.1) is 0 Å². The molecule has 2 rings (SSSR count). The monoisotopic (exact) mass is 357 g/mol. The molecule has 0 aliphatic heterocycles. The number of carbonyl (C=O) groups excluding carboxylic acids is 1. The number of halogens is 3. The molecular weight excluding hydrogens is 349 g/mol. The third-order valence-corrected chi connectivity index (χ3v) is 3.39. The largest absolute Gasteiger partial charge is 0.326 e.